The standard InChI is InChI=1S/C8H17NO.ClH/c1-8(2)4-6(9)3-7(10)5-8;/h6-7,10H,3-5,9H2,1-2H3;1H. The largest absolute Gasteiger partial charge is 0.393 e. The maximum atomic E-state index is 9.34. The van der Waals surface area contributed by atoms with Gasteiger partial charge in [-0.25, -0.2) is 0 Å². The van der Waals surface area contributed by atoms with Crippen LogP contribution in [0.3, 0.4) is 0 Å². The summed E-state index contributed by atoms with van der Waals surface area (Å²) < 4.78 is 0. The second kappa shape index (κ2) is 3.74. The topological polar surface area (TPSA) is 46.2 Å². The second-order valence-corrected chi connectivity index (χ2v) is 4.22. The zero-order chi connectivity index (χ0) is 7.78. The molecule has 3 heteroatoms. The molecule has 1 rings (SSSR count). The third-order valence-electron chi connectivity index (χ3n) is 2.18. The predicted molar refractivity (Wildman–Crippen MR) is 48.9 cm³/mol. The summed E-state index contributed by atoms with van der Waals surface area (Å²) in [5.74, 6) is 0. The van der Waals surface area contributed by atoms with E-state index in [1.54, 1.807) is 0 Å². The lowest BCUT2D eigenvalue weighted by molar-refractivity contribution is 0.0556. The van der Waals surface area contributed by atoms with Gasteiger partial charge in [-0.15, -0.1) is 12.4 Å². The Balaban J connectivity index is 0.000001000. The van der Waals surface area contributed by atoms with Gasteiger partial charge in [-0.05, 0) is 24.7 Å². The lowest BCUT2D eigenvalue weighted by atomic mass is 9.74. The van der Waals surface area contributed by atoms with Crippen molar-refractivity contribution in [3.8, 4) is 0 Å². The number of nitrogens with two attached hydrogens (primary N) is 1. The van der Waals surface area contributed by atoms with E-state index in [2.05, 4.69) is 13.8 Å². The minimum Gasteiger partial charge on any atom is -0.393 e. The van der Waals surface area contributed by atoms with Crippen molar-refractivity contribution in [2.45, 2.75) is 45.3 Å². The van der Waals surface area contributed by atoms with Crippen molar-refractivity contribution < 1.29 is 5.11 Å². The molecule has 11 heavy (non-hydrogen) atoms. The molecule has 0 amide bonds. The number of rotatable bonds is 0. The highest BCUT2D eigenvalue weighted by Gasteiger charge is 2.30. The van der Waals surface area contributed by atoms with Crippen molar-refractivity contribution in [2.75, 3.05) is 0 Å². The van der Waals surface area contributed by atoms with E-state index in [1.165, 1.54) is 0 Å². The zero-order valence-corrected chi connectivity index (χ0v) is 8.03. The normalized spacial score (nSPS) is 36.0. The van der Waals surface area contributed by atoms with E-state index in [-0.39, 0.29) is 30.0 Å². The van der Waals surface area contributed by atoms with Crippen molar-refractivity contribution in [1.29, 1.82) is 0 Å². The van der Waals surface area contributed by atoms with Gasteiger partial charge in [0, 0.05) is 6.04 Å². The lowest BCUT2D eigenvalue weighted by Crippen LogP contribution is -2.39. The summed E-state index contributed by atoms with van der Waals surface area (Å²) in [5.41, 5.74) is 5.99. The van der Waals surface area contributed by atoms with E-state index in [9.17, 15) is 5.11 Å². The Morgan fingerprint density at radius 2 is 1.91 bits per heavy atom. The second-order valence-electron chi connectivity index (χ2n) is 4.22. The molecule has 68 valence electrons. The molecule has 0 heterocycles. The average Bonchev–Trinajstić information content (AvgIpc) is 1.54. The van der Waals surface area contributed by atoms with E-state index in [4.69, 9.17) is 5.73 Å². The van der Waals surface area contributed by atoms with Crippen LogP contribution in [0, 0.1) is 5.41 Å². The van der Waals surface area contributed by atoms with E-state index in [0.717, 1.165) is 19.3 Å². The molecule has 0 aromatic heterocycles. The Labute approximate surface area is 74.6 Å². The number of halogens is 1. The Kier molecular flexibility index (Phi) is 3.82. The fourth-order valence-electron chi connectivity index (χ4n) is 1.95. The van der Waals surface area contributed by atoms with Gasteiger partial charge < -0.3 is 10.8 Å². The van der Waals surface area contributed by atoms with Crippen LogP contribution in [-0.4, -0.2) is 17.3 Å². The van der Waals surface area contributed by atoms with Gasteiger partial charge in [0.05, 0.1) is 6.10 Å². The van der Waals surface area contributed by atoms with E-state index in [1.807, 2.05) is 0 Å². The molecule has 0 aromatic rings. The molecule has 1 aliphatic carbocycles. The van der Waals surface area contributed by atoms with Gasteiger partial charge in [0.25, 0.3) is 0 Å². The van der Waals surface area contributed by atoms with Gasteiger partial charge in [-0.2, -0.15) is 0 Å². The van der Waals surface area contributed by atoms with Gasteiger partial charge in [0.15, 0.2) is 0 Å². The van der Waals surface area contributed by atoms with Crippen LogP contribution in [0.25, 0.3) is 0 Å². The molecule has 0 aromatic carbocycles. The molecule has 2 nitrogen and oxygen atoms in total. The first kappa shape index (κ1) is 11.2. The Hall–Kier alpha value is 0.210. The number of hydrogen-bond donors (Lipinski definition) is 2. The summed E-state index contributed by atoms with van der Waals surface area (Å²) in [6, 6.07) is 0.207. The van der Waals surface area contributed by atoms with Crippen molar-refractivity contribution in [1.82, 2.24) is 0 Å². The molecular weight excluding hydrogens is 162 g/mol. The third kappa shape index (κ3) is 3.41. The predicted octanol–water partition coefficient (Wildman–Crippen LogP) is 1.31. The van der Waals surface area contributed by atoms with Crippen molar-refractivity contribution in [2.24, 2.45) is 11.1 Å². The van der Waals surface area contributed by atoms with Crippen LogP contribution in [0.5, 0.6) is 0 Å². The van der Waals surface area contributed by atoms with Crippen LogP contribution < -0.4 is 5.73 Å². The van der Waals surface area contributed by atoms with Crippen LogP contribution in [-0.2, 0) is 0 Å². The Morgan fingerprint density at radius 1 is 1.36 bits per heavy atom. The molecule has 2 atom stereocenters. The fraction of sp³-hybridized carbons (Fsp3) is 1.00. The number of hydrogen-bond acceptors (Lipinski definition) is 2. The Morgan fingerprint density at radius 3 is 2.27 bits per heavy atom. The van der Waals surface area contributed by atoms with Gasteiger partial charge in [-0.3, -0.25) is 0 Å². The molecule has 1 saturated carbocycles. The molecule has 0 radical (unpaired) electrons. The number of aliphatic hydroxyl groups is 1. The molecule has 0 bridgehead atoms. The van der Waals surface area contributed by atoms with Crippen LogP contribution in [0.15, 0.2) is 0 Å². The highest BCUT2D eigenvalue weighted by molar-refractivity contribution is 5.85. The maximum absolute atomic E-state index is 9.34. The first-order valence-electron chi connectivity index (χ1n) is 3.93. The molecule has 1 fully saturated rings. The third-order valence-corrected chi connectivity index (χ3v) is 2.18. The van der Waals surface area contributed by atoms with Crippen LogP contribution in [0.4, 0.5) is 0 Å². The van der Waals surface area contributed by atoms with Gasteiger partial charge in [-0.1, -0.05) is 13.8 Å². The molecule has 2 unspecified atom stereocenters. The average molecular weight is 180 g/mol. The van der Waals surface area contributed by atoms with Crippen molar-refractivity contribution >= 4 is 12.4 Å². The SMILES string of the molecule is CC1(C)CC(N)CC(O)C1.Cl. The van der Waals surface area contributed by atoms with E-state index >= 15 is 0 Å². The summed E-state index contributed by atoms with van der Waals surface area (Å²) in [4.78, 5) is 0. The highest BCUT2D eigenvalue weighted by atomic mass is 35.5. The zero-order valence-electron chi connectivity index (χ0n) is 7.21. The summed E-state index contributed by atoms with van der Waals surface area (Å²) in [5, 5.41) is 9.34. The summed E-state index contributed by atoms with van der Waals surface area (Å²) in [7, 11) is 0. The highest BCUT2D eigenvalue weighted by Crippen LogP contribution is 2.34. The molecule has 1 aliphatic rings. The first-order valence-corrected chi connectivity index (χ1v) is 3.93. The van der Waals surface area contributed by atoms with E-state index < -0.39 is 0 Å². The van der Waals surface area contributed by atoms with Crippen molar-refractivity contribution in [3.05, 3.63) is 0 Å². The fourth-order valence-corrected chi connectivity index (χ4v) is 1.95. The first-order chi connectivity index (χ1) is 4.49. The van der Waals surface area contributed by atoms with Gasteiger partial charge >= 0.3 is 0 Å². The molecule has 3 N–H and O–H groups in total. The summed E-state index contributed by atoms with van der Waals surface area (Å²) >= 11 is 0. The van der Waals surface area contributed by atoms with E-state index in [0.29, 0.717) is 0 Å². The minimum atomic E-state index is -0.168. The van der Waals surface area contributed by atoms with Gasteiger partial charge in [0.1, 0.15) is 0 Å². The molecule has 0 aliphatic heterocycles. The van der Waals surface area contributed by atoms with Crippen LogP contribution >= 0.6 is 12.4 Å². The monoisotopic (exact) mass is 179 g/mol. The van der Waals surface area contributed by atoms with Crippen LogP contribution in [0.1, 0.15) is 33.1 Å². The quantitative estimate of drug-likeness (QED) is 0.589. The lowest BCUT2D eigenvalue weighted by Gasteiger charge is -2.36. The van der Waals surface area contributed by atoms with Crippen molar-refractivity contribution in [3.63, 3.8) is 0 Å². The number of aliphatic hydroxyl groups excluding tert-OH is 1. The Bertz CT molecular complexity index is 115. The smallest absolute Gasteiger partial charge is 0.0560 e. The molecular formula is C8H18ClNO. The summed E-state index contributed by atoms with van der Waals surface area (Å²) in [6.45, 7) is 4.32. The maximum Gasteiger partial charge on any atom is 0.0560 e. The summed E-state index contributed by atoms with van der Waals surface area (Å²) in [6.07, 6.45) is 2.56. The molecule has 0 spiro atoms. The van der Waals surface area contributed by atoms with Gasteiger partial charge in [0.2, 0.25) is 0 Å². The minimum absolute atomic E-state index is 0. The van der Waals surface area contributed by atoms with Crippen LogP contribution in [0.2, 0.25) is 0 Å². The molecule has 0 saturated heterocycles.